The van der Waals surface area contributed by atoms with Crippen molar-refractivity contribution in [1.82, 2.24) is 5.32 Å². The van der Waals surface area contributed by atoms with Crippen molar-refractivity contribution in [2.24, 2.45) is 11.7 Å². The van der Waals surface area contributed by atoms with Crippen LogP contribution in [0.2, 0.25) is 0 Å². The number of hydrogen-bond acceptors (Lipinski definition) is 4. The zero-order valence-corrected chi connectivity index (χ0v) is 13.9. The number of benzene rings is 1. The van der Waals surface area contributed by atoms with Crippen molar-refractivity contribution in [3.05, 3.63) is 23.3 Å². The smallest absolute Gasteiger partial charge is 0.223 e. The van der Waals surface area contributed by atoms with Crippen LogP contribution >= 0.6 is 0 Å². The molecule has 0 bridgehead atoms. The van der Waals surface area contributed by atoms with Crippen molar-refractivity contribution < 1.29 is 14.3 Å². The lowest BCUT2D eigenvalue weighted by atomic mass is 10.0. The maximum absolute atomic E-state index is 12.3. The van der Waals surface area contributed by atoms with Crippen molar-refractivity contribution in [3.63, 3.8) is 0 Å². The SMILES string of the molecule is CCOc1cc2c(cc1CNC(=O)[C@@H]1CC[C@@H](N)C1)O[C@@H](C)C2. The minimum atomic E-state index is 0.0474. The van der Waals surface area contributed by atoms with Gasteiger partial charge in [0, 0.05) is 36.1 Å². The van der Waals surface area contributed by atoms with E-state index in [1.807, 2.05) is 13.0 Å². The Morgan fingerprint density at radius 1 is 1.43 bits per heavy atom. The second-order valence-electron chi connectivity index (χ2n) is 6.62. The highest BCUT2D eigenvalue weighted by molar-refractivity contribution is 5.79. The molecule has 0 spiro atoms. The largest absolute Gasteiger partial charge is 0.494 e. The molecule has 126 valence electrons. The van der Waals surface area contributed by atoms with Gasteiger partial charge in [0.15, 0.2) is 0 Å². The first kappa shape index (κ1) is 16.1. The van der Waals surface area contributed by atoms with Gasteiger partial charge in [0.2, 0.25) is 5.91 Å². The number of ether oxygens (including phenoxy) is 2. The van der Waals surface area contributed by atoms with Crippen molar-refractivity contribution in [1.29, 1.82) is 0 Å². The minimum absolute atomic E-state index is 0.0474. The lowest BCUT2D eigenvalue weighted by molar-refractivity contribution is -0.125. The van der Waals surface area contributed by atoms with E-state index in [0.29, 0.717) is 13.2 Å². The summed E-state index contributed by atoms with van der Waals surface area (Å²) in [7, 11) is 0. The standard InChI is InChI=1S/C18H26N2O3/c1-3-22-16-8-13-6-11(2)23-17(13)9-14(16)10-20-18(21)12-4-5-15(19)7-12/h8-9,11-12,15H,3-7,10,19H2,1-2H3,(H,20,21)/t11-,12+,15+/m0/s1. The van der Waals surface area contributed by atoms with E-state index in [1.165, 1.54) is 5.56 Å². The van der Waals surface area contributed by atoms with E-state index in [4.69, 9.17) is 15.2 Å². The first-order valence-electron chi connectivity index (χ1n) is 8.55. The van der Waals surface area contributed by atoms with Crippen LogP contribution < -0.4 is 20.5 Å². The number of hydrogen-bond donors (Lipinski definition) is 2. The summed E-state index contributed by atoms with van der Waals surface area (Å²) in [6.07, 6.45) is 3.71. The first-order chi connectivity index (χ1) is 11.1. The molecule has 1 fully saturated rings. The van der Waals surface area contributed by atoms with Crippen LogP contribution in [-0.2, 0) is 17.8 Å². The summed E-state index contributed by atoms with van der Waals surface area (Å²) in [4.78, 5) is 12.3. The predicted molar refractivity (Wildman–Crippen MR) is 88.6 cm³/mol. The van der Waals surface area contributed by atoms with Crippen LogP contribution in [0, 0.1) is 5.92 Å². The summed E-state index contributed by atoms with van der Waals surface area (Å²) in [6.45, 7) is 5.10. The van der Waals surface area contributed by atoms with Gasteiger partial charge < -0.3 is 20.5 Å². The van der Waals surface area contributed by atoms with E-state index in [1.54, 1.807) is 0 Å². The molecule has 3 atom stereocenters. The molecule has 0 unspecified atom stereocenters. The zero-order chi connectivity index (χ0) is 16.4. The van der Waals surface area contributed by atoms with Gasteiger partial charge in [-0.15, -0.1) is 0 Å². The number of carbonyl (C=O) groups is 1. The van der Waals surface area contributed by atoms with Crippen LogP contribution in [0.5, 0.6) is 11.5 Å². The Bertz CT molecular complexity index is 588. The van der Waals surface area contributed by atoms with Gasteiger partial charge in [-0.3, -0.25) is 4.79 Å². The van der Waals surface area contributed by atoms with Gasteiger partial charge in [-0.05, 0) is 45.2 Å². The van der Waals surface area contributed by atoms with E-state index in [2.05, 4.69) is 18.3 Å². The average molecular weight is 318 g/mol. The molecule has 2 aliphatic rings. The number of carbonyl (C=O) groups excluding carboxylic acids is 1. The molecule has 1 saturated carbocycles. The highest BCUT2D eigenvalue weighted by Gasteiger charge is 2.28. The van der Waals surface area contributed by atoms with E-state index < -0.39 is 0 Å². The lowest BCUT2D eigenvalue weighted by Crippen LogP contribution is -2.30. The maximum Gasteiger partial charge on any atom is 0.223 e. The number of amides is 1. The minimum Gasteiger partial charge on any atom is -0.494 e. The third-order valence-electron chi connectivity index (χ3n) is 4.68. The van der Waals surface area contributed by atoms with Gasteiger partial charge in [-0.1, -0.05) is 0 Å². The van der Waals surface area contributed by atoms with Crippen LogP contribution in [0.25, 0.3) is 0 Å². The number of fused-ring (bicyclic) bond motifs is 1. The van der Waals surface area contributed by atoms with E-state index in [9.17, 15) is 4.79 Å². The van der Waals surface area contributed by atoms with Crippen molar-refractivity contribution >= 4 is 5.91 Å². The molecule has 1 aliphatic heterocycles. The molecule has 3 N–H and O–H groups in total. The fourth-order valence-corrected chi connectivity index (χ4v) is 3.49. The summed E-state index contributed by atoms with van der Waals surface area (Å²) in [6, 6.07) is 4.22. The summed E-state index contributed by atoms with van der Waals surface area (Å²) in [5.41, 5.74) is 8.04. The Kier molecular flexibility index (Phi) is 4.76. The highest BCUT2D eigenvalue weighted by atomic mass is 16.5. The Balaban J connectivity index is 1.69. The first-order valence-corrected chi connectivity index (χ1v) is 8.55. The molecule has 23 heavy (non-hydrogen) atoms. The molecule has 5 heteroatoms. The molecule has 5 nitrogen and oxygen atoms in total. The molecule has 1 amide bonds. The van der Waals surface area contributed by atoms with Crippen LogP contribution in [-0.4, -0.2) is 24.7 Å². The number of nitrogens with one attached hydrogen (secondary N) is 1. The molecule has 0 aromatic heterocycles. The molecule has 3 rings (SSSR count). The van der Waals surface area contributed by atoms with Crippen molar-refractivity contribution in [3.8, 4) is 11.5 Å². The summed E-state index contributed by atoms with van der Waals surface area (Å²) in [5, 5.41) is 3.03. The van der Waals surface area contributed by atoms with Crippen molar-refractivity contribution in [2.45, 2.75) is 58.2 Å². The normalized spacial score (nSPS) is 25.8. The molecular weight excluding hydrogens is 292 g/mol. The van der Waals surface area contributed by atoms with Gasteiger partial charge in [-0.2, -0.15) is 0 Å². The van der Waals surface area contributed by atoms with Crippen LogP contribution in [0.15, 0.2) is 12.1 Å². The second kappa shape index (κ2) is 6.79. The summed E-state index contributed by atoms with van der Waals surface area (Å²) in [5.74, 6) is 1.89. The topological polar surface area (TPSA) is 73.6 Å². The van der Waals surface area contributed by atoms with E-state index in [-0.39, 0.29) is 24.0 Å². The van der Waals surface area contributed by atoms with Crippen LogP contribution in [0.3, 0.4) is 0 Å². The molecule has 1 heterocycles. The fraction of sp³-hybridized carbons (Fsp3) is 0.611. The maximum atomic E-state index is 12.3. The average Bonchev–Trinajstić information content (AvgIpc) is 3.09. The Morgan fingerprint density at radius 2 is 2.26 bits per heavy atom. The molecule has 1 aliphatic carbocycles. The lowest BCUT2D eigenvalue weighted by Gasteiger charge is -2.15. The van der Waals surface area contributed by atoms with Gasteiger partial charge in [0.1, 0.15) is 17.6 Å². The molecule has 0 radical (unpaired) electrons. The molecule has 1 aromatic carbocycles. The quantitative estimate of drug-likeness (QED) is 0.872. The Hall–Kier alpha value is -1.75. The summed E-state index contributed by atoms with van der Waals surface area (Å²) >= 11 is 0. The molecule has 0 saturated heterocycles. The van der Waals surface area contributed by atoms with Gasteiger partial charge in [0.05, 0.1) is 6.61 Å². The van der Waals surface area contributed by atoms with Crippen molar-refractivity contribution in [2.75, 3.05) is 6.61 Å². The Morgan fingerprint density at radius 3 is 2.96 bits per heavy atom. The monoisotopic (exact) mass is 318 g/mol. The van der Waals surface area contributed by atoms with Gasteiger partial charge >= 0.3 is 0 Å². The van der Waals surface area contributed by atoms with Crippen LogP contribution in [0.4, 0.5) is 0 Å². The summed E-state index contributed by atoms with van der Waals surface area (Å²) < 4.78 is 11.6. The number of rotatable bonds is 5. The highest BCUT2D eigenvalue weighted by Crippen LogP contribution is 2.35. The van der Waals surface area contributed by atoms with E-state index in [0.717, 1.165) is 42.7 Å². The molecule has 1 aromatic rings. The van der Waals surface area contributed by atoms with Gasteiger partial charge in [-0.25, -0.2) is 0 Å². The second-order valence-corrected chi connectivity index (χ2v) is 6.62. The fourth-order valence-electron chi connectivity index (χ4n) is 3.49. The predicted octanol–water partition coefficient (Wildman–Crippen LogP) is 2.15. The third-order valence-corrected chi connectivity index (χ3v) is 4.68. The third kappa shape index (κ3) is 3.61. The zero-order valence-electron chi connectivity index (χ0n) is 13.9. The molecular formula is C18H26N2O3. The van der Waals surface area contributed by atoms with Gasteiger partial charge in [0.25, 0.3) is 0 Å². The Labute approximate surface area is 137 Å². The van der Waals surface area contributed by atoms with Crippen LogP contribution in [0.1, 0.15) is 44.2 Å². The number of nitrogens with two attached hydrogens (primary N) is 1. The van der Waals surface area contributed by atoms with E-state index >= 15 is 0 Å².